The smallest absolute Gasteiger partial charge is 0.00672 e. The van der Waals surface area contributed by atoms with Crippen LogP contribution >= 0.6 is 11.8 Å². The minimum atomic E-state index is 0.805. The van der Waals surface area contributed by atoms with Crippen LogP contribution in [-0.4, -0.2) is 24.1 Å². The van der Waals surface area contributed by atoms with Crippen molar-refractivity contribution in [2.45, 2.75) is 64.2 Å². The minimum absolute atomic E-state index is 0.805. The van der Waals surface area contributed by atoms with Gasteiger partial charge in [-0.25, -0.2) is 0 Å². The molecule has 1 atom stereocenters. The lowest BCUT2D eigenvalue weighted by atomic mass is 9.80. The highest BCUT2D eigenvalue weighted by atomic mass is 32.2. The van der Waals surface area contributed by atoms with Gasteiger partial charge in [0, 0.05) is 11.3 Å². The van der Waals surface area contributed by atoms with E-state index in [1.165, 1.54) is 38.6 Å². The first kappa shape index (κ1) is 14.4. The Balaban J connectivity index is 2.08. The summed E-state index contributed by atoms with van der Waals surface area (Å²) in [6.07, 6.45) is 9.19. The third kappa shape index (κ3) is 5.09. The van der Waals surface area contributed by atoms with Gasteiger partial charge in [-0.1, -0.05) is 20.8 Å². The highest BCUT2D eigenvalue weighted by Crippen LogP contribution is 2.29. The molecule has 96 valence electrons. The molecule has 2 heteroatoms. The zero-order valence-corrected chi connectivity index (χ0v) is 12.3. The lowest BCUT2D eigenvalue weighted by molar-refractivity contribution is 0.239. The zero-order valence-electron chi connectivity index (χ0n) is 11.5. The van der Waals surface area contributed by atoms with E-state index >= 15 is 0 Å². The molecule has 1 aliphatic carbocycles. The van der Waals surface area contributed by atoms with Gasteiger partial charge in [-0.3, -0.25) is 0 Å². The predicted octanol–water partition coefficient (Wildman–Crippen LogP) is 3.93. The van der Waals surface area contributed by atoms with Gasteiger partial charge in [-0.05, 0) is 56.7 Å². The fourth-order valence-corrected chi connectivity index (χ4v) is 2.95. The first-order valence-electron chi connectivity index (χ1n) is 6.89. The highest BCUT2D eigenvalue weighted by molar-refractivity contribution is 7.99. The van der Waals surface area contributed by atoms with Crippen LogP contribution in [0.2, 0.25) is 0 Å². The summed E-state index contributed by atoms with van der Waals surface area (Å²) >= 11 is 1.98. The van der Waals surface area contributed by atoms with Crippen molar-refractivity contribution in [2.24, 2.45) is 11.8 Å². The molecule has 1 nitrogen and oxygen atoms in total. The third-order valence-corrected chi connectivity index (χ3v) is 5.14. The van der Waals surface area contributed by atoms with Crippen LogP contribution in [0.4, 0.5) is 0 Å². The normalized spacial score (nSPS) is 28.3. The molecule has 0 aromatic carbocycles. The Morgan fingerprint density at radius 3 is 2.25 bits per heavy atom. The SMILES string of the molecule is CSC(C)CCNC1CCC(C(C)C)CC1. The molecule has 16 heavy (non-hydrogen) atoms. The highest BCUT2D eigenvalue weighted by Gasteiger charge is 2.22. The second-order valence-electron chi connectivity index (χ2n) is 5.64. The van der Waals surface area contributed by atoms with Crippen molar-refractivity contribution >= 4 is 11.8 Å². The van der Waals surface area contributed by atoms with E-state index in [-0.39, 0.29) is 0 Å². The van der Waals surface area contributed by atoms with Crippen LogP contribution in [0.3, 0.4) is 0 Å². The van der Waals surface area contributed by atoms with E-state index in [1.54, 1.807) is 0 Å². The van der Waals surface area contributed by atoms with Crippen molar-refractivity contribution in [1.29, 1.82) is 0 Å². The summed E-state index contributed by atoms with van der Waals surface area (Å²) in [7, 11) is 0. The molecule has 1 saturated carbocycles. The van der Waals surface area contributed by atoms with Crippen molar-refractivity contribution in [3.8, 4) is 0 Å². The van der Waals surface area contributed by atoms with Gasteiger partial charge >= 0.3 is 0 Å². The maximum Gasteiger partial charge on any atom is 0.00672 e. The topological polar surface area (TPSA) is 12.0 Å². The molecule has 1 rings (SSSR count). The first-order chi connectivity index (χ1) is 7.63. The molecule has 0 spiro atoms. The van der Waals surface area contributed by atoms with Crippen LogP contribution < -0.4 is 5.32 Å². The summed E-state index contributed by atoms with van der Waals surface area (Å²) < 4.78 is 0. The van der Waals surface area contributed by atoms with E-state index in [0.717, 1.165) is 23.1 Å². The Bertz CT molecular complexity index is 174. The molecule has 1 N–H and O–H groups in total. The molecule has 0 radical (unpaired) electrons. The molecule has 0 heterocycles. The lowest BCUT2D eigenvalue weighted by Crippen LogP contribution is -2.35. The second-order valence-corrected chi connectivity index (χ2v) is 6.92. The average Bonchev–Trinajstić information content (AvgIpc) is 2.29. The fraction of sp³-hybridized carbons (Fsp3) is 1.00. The van der Waals surface area contributed by atoms with Crippen molar-refractivity contribution in [3.05, 3.63) is 0 Å². The summed E-state index contributed by atoms with van der Waals surface area (Å²) in [5.41, 5.74) is 0. The van der Waals surface area contributed by atoms with E-state index in [0.29, 0.717) is 0 Å². The number of thioether (sulfide) groups is 1. The van der Waals surface area contributed by atoms with E-state index in [1.807, 2.05) is 11.8 Å². The van der Waals surface area contributed by atoms with E-state index in [9.17, 15) is 0 Å². The molecule has 0 aromatic heterocycles. The maximum absolute atomic E-state index is 3.73. The van der Waals surface area contributed by atoms with Gasteiger partial charge in [0.05, 0.1) is 0 Å². The van der Waals surface area contributed by atoms with Crippen LogP contribution in [0.25, 0.3) is 0 Å². The van der Waals surface area contributed by atoms with Crippen molar-refractivity contribution in [2.75, 3.05) is 12.8 Å². The largest absolute Gasteiger partial charge is 0.314 e. The summed E-state index contributed by atoms with van der Waals surface area (Å²) in [5, 5.41) is 4.54. The molecule has 1 unspecified atom stereocenters. The second kappa shape index (κ2) is 7.60. The van der Waals surface area contributed by atoms with Gasteiger partial charge in [-0.15, -0.1) is 0 Å². The van der Waals surface area contributed by atoms with E-state index in [2.05, 4.69) is 32.3 Å². The predicted molar refractivity (Wildman–Crippen MR) is 76.2 cm³/mol. The van der Waals surface area contributed by atoms with Crippen LogP contribution in [0.15, 0.2) is 0 Å². The van der Waals surface area contributed by atoms with Gasteiger partial charge < -0.3 is 5.32 Å². The molecule has 1 aliphatic rings. The quantitative estimate of drug-likeness (QED) is 0.758. The monoisotopic (exact) mass is 243 g/mol. The number of hydrogen-bond acceptors (Lipinski definition) is 2. The van der Waals surface area contributed by atoms with Gasteiger partial charge in [-0.2, -0.15) is 11.8 Å². The summed E-state index contributed by atoms with van der Waals surface area (Å²) in [6, 6.07) is 0.809. The van der Waals surface area contributed by atoms with Crippen LogP contribution in [-0.2, 0) is 0 Å². The van der Waals surface area contributed by atoms with Crippen LogP contribution in [0.5, 0.6) is 0 Å². The lowest BCUT2D eigenvalue weighted by Gasteiger charge is -2.31. The Morgan fingerprint density at radius 2 is 1.75 bits per heavy atom. The molecular weight excluding hydrogens is 214 g/mol. The van der Waals surface area contributed by atoms with Gasteiger partial charge in [0.2, 0.25) is 0 Å². The molecule has 1 fully saturated rings. The van der Waals surface area contributed by atoms with Crippen LogP contribution in [0, 0.1) is 11.8 Å². The van der Waals surface area contributed by atoms with Crippen molar-refractivity contribution < 1.29 is 0 Å². The first-order valence-corrected chi connectivity index (χ1v) is 8.18. The number of nitrogens with one attached hydrogen (secondary N) is 1. The summed E-state index contributed by atoms with van der Waals surface area (Å²) in [6.45, 7) is 8.28. The maximum atomic E-state index is 3.73. The minimum Gasteiger partial charge on any atom is -0.314 e. The summed E-state index contributed by atoms with van der Waals surface area (Å²) in [4.78, 5) is 0. The molecular formula is C14H29NS. The standard InChI is InChI=1S/C14H29NS/c1-11(2)13-5-7-14(8-6-13)15-10-9-12(3)16-4/h11-15H,5-10H2,1-4H3. The Hall–Kier alpha value is 0.310. The van der Waals surface area contributed by atoms with Crippen LogP contribution in [0.1, 0.15) is 52.9 Å². The molecule has 0 aromatic rings. The van der Waals surface area contributed by atoms with Gasteiger partial charge in [0.25, 0.3) is 0 Å². The fourth-order valence-electron chi connectivity index (χ4n) is 2.60. The molecule has 0 aliphatic heterocycles. The Morgan fingerprint density at radius 1 is 1.12 bits per heavy atom. The molecule has 0 saturated heterocycles. The van der Waals surface area contributed by atoms with Crippen molar-refractivity contribution in [1.82, 2.24) is 5.32 Å². The van der Waals surface area contributed by atoms with E-state index in [4.69, 9.17) is 0 Å². The Labute approximate surface area is 106 Å². The zero-order chi connectivity index (χ0) is 12.0. The van der Waals surface area contributed by atoms with Gasteiger partial charge in [0.15, 0.2) is 0 Å². The number of hydrogen-bond donors (Lipinski definition) is 1. The Kier molecular flexibility index (Phi) is 6.83. The van der Waals surface area contributed by atoms with Gasteiger partial charge in [0.1, 0.15) is 0 Å². The van der Waals surface area contributed by atoms with E-state index < -0.39 is 0 Å². The molecule has 0 amide bonds. The third-order valence-electron chi connectivity index (χ3n) is 4.10. The summed E-state index contributed by atoms with van der Waals surface area (Å²) in [5.74, 6) is 1.88. The van der Waals surface area contributed by atoms with Crippen molar-refractivity contribution in [3.63, 3.8) is 0 Å². The number of rotatable bonds is 6. The molecule has 0 bridgehead atoms. The average molecular weight is 243 g/mol.